The molecular weight excluding hydrogens is 286 g/mol. The molecule has 3 rings (SSSR count). The Hall–Kier alpha value is -2.08. The van der Waals surface area contributed by atoms with Gasteiger partial charge in [-0.15, -0.1) is 11.3 Å². The molecule has 110 valence electrons. The molecule has 0 spiro atoms. The fourth-order valence-corrected chi connectivity index (χ4v) is 3.18. The predicted molar refractivity (Wildman–Crippen MR) is 83.1 cm³/mol. The number of aromatic nitrogens is 1. The van der Waals surface area contributed by atoms with Crippen molar-refractivity contribution in [3.8, 4) is 5.75 Å². The Kier molecular flexibility index (Phi) is 3.79. The number of anilines is 1. The van der Waals surface area contributed by atoms with Crippen LogP contribution in [-0.2, 0) is 6.54 Å². The number of thiazole rings is 1. The topological polar surface area (TPSA) is 54.5 Å². The lowest BCUT2D eigenvalue weighted by Crippen LogP contribution is -2.28. The van der Waals surface area contributed by atoms with Crippen molar-refractivity contribution in [3.05, 3.63) is 39.8 Å². The van der Waals surface area contributed by atoms with Crippen LogP contribution < -0.4 is 10.1 Å². The largest absolute Gasteiger partial charge is 0.489 e. The number of aryl methyl sites for hydroxylation is 1. The number of carbonyl (C=O) groups is 1. The molecule has 2 heterocycles. The summed E-state index contributed by atoms with van der Waals surface area (Å²) in [7, 11) is 1.80. The molecule has 0 radical (unpaired) electrons. The van der Waals surface area contributed by atoms with E-state index in [1.807, 2.05) is 31.3 Å². The van der Waals surface area contributed by atoms with Crippen LogP contribution in [0.4, 0.5) is 5.69 Å². The maximum atomic E-state index is 12.6. The molecule has 1 aliphatic heterocycles. The maximum absolute atomic E-state index is 12.6. The first-order valence-corrected chi connectivity index (χ1v) is 7.63. The van der Waals surface area contributed by atoms with Gasteiger partial charge in [0.05, 0.1) is 22.8 Å². The van der Waals surface area contributed by atoms with E-state index < -0.39 is 0 Å². The summed E-state index contributed by atoms with van der Waals surface area (Å²) in [6.45, 7) is 3.86. The van der Waals surface area contributed by atoms with Gasteiger partial charge < -0.3 is 15.0 Å². The van der Waals surface area contributed by atoms with E-state index in [0.29, 0.717) is 24.5 Å². The van der Waals surface area contributed by atoms with E-state index in [0.717, 1.165) is 22.1 Å². The molecule has 0 unspecified atom stereocenters. The van der Waals surface area contributed by atoms with Crippen molar-refractivity contribution in [1.82, 2.24) is 9.88 Å². The lowest BCUT2D eigenvalue weighted by atomic mass is 10.1. The number of amides is 1. The van der Waals surface area contributed by atoms with Gasteiger partial charge in [-0.3, -0.25) is 4.79 Å². The van der Waals surface area contributed by atoms with E-state index in [4.69, 9.17) is 4.74 Å². The lowest BCUT2D eigenvalue weighted by Gasteiger charge is -2.23. The summed E-state index contributed by atoms with van der Waals surface area (Å²) in [4.78, 5) is 19.6. The van der Waals surface area contributed by atoms with Crippen LogP contribution in [0.5, 0.6) is 5.75 Å². The van der Waals surface area contributed by atoms with Crippen LogP contribution in [0, 0.1) is 6.92 Å². The van der Waals surface area contributed by atoms with Crippen LogP contribution in [0.1, 0.15) is 20.2 Å². The summed E-state index contributed by atoms with van der Waals surface area (Å²) in [6.07, 6.45) is 1.82. The van der Waals surface area contributed by atoms with Crippen LogP contribution in [0.2, 0.25) is 0 Å². The minimum atomic E-state index is -0.0402. The summed E-state index contributed by atoms with van der Waals surface area (Å²) in [5.41, 5.74) is 1.48. The first-order chi connectivity index (χ1) is 10.1. The number of hydrogen-bond donors (Lipinski definition) is 1. The van der Waals surface area contributed by atoms with Crippen molar-refractivity contribution in [2.45, 2.75) is 13.5 Å². The quantitative estimate of drug-likeness (QED) is 0.946. The Morgan fingerprint density at radius 2 is 2.38 bits per heavy atom. The zero-order valence-electron chi connectivity index (χ0n) is 12.0. The van der Waals surface area contributed by atoms with Gasteiger partial charge in [0.25, 0.3) is 5.91 Å². The highest BCUT2D eigenvalue weighted by molar-refractivity contribution is 7.11. The highest BCUT2D eigenvalue weighted by Crippen LogP contribution is 2.32. The fraction of sp³-hybridized carbons (Fsp3) is 0.333. The molecule has 0 saturated heterocycles. The van der Waals surface area contributed by atoms with Crippen molar-refractivity contribution in [2.24, 2.45) is 0 Å². The van der Waals surface area contributed by atoms with Crippen LogP contribution in [0.25, 0.3) is 0 Å². The number of benzene rings is 1. The van der Waals surface area contributed by atoms with Crippen LogP contribution >= 0.6 is 11.3 Å². The van der Waals surface area contributed by atoms with Gasteiger partial charge in [0.15, 0.2) is 5.75 Å². The molecule has 0 aliphatic carbocycles. The molecule has 1 N–H and O–H groups in total. The van der Waals surface area contributed by atoms with Crippen LogP contribution in [0.3, 0.4) is 0 Å². The van der Waals surface area contributed by atoms with E-state index in [2.05, 4.69) is 10.3 Å². The van der Waals surface area contributed by atoms with Gasteiger partial charge in [-0.1, -0.05) is 6.07 Å². The van der Waals surface area contributed by atoms with E-state index in [9.17, 15) is 4.79 Å². The number of rotatable bonds is 3. The SMILES string of the molecule is Cc1ncc(CN(C)C(=O)c2cccc3c2OCCN3)s1. The zero-order chi connectivity index (χ0) is 14.8. The summed E-state index contributed by atoms with van der Waals surface area (Å²) in [6, 6.07) is 5.61. The number of nitrogens with one attached hydrogen (secondary N) is 1. The first-order valence-electron chi connectivity index (χ1n) is 6.81. The molecule has 5 nitrogen and oxygen atoms in total. The van der Waals surface area contributed by atoms with Gasteiger partial charge in [0.1, 0.15) is 6.61 Å². The normalized spacial score (nSPS) is 13.0. The Labute approximate surface area is 127 Å². The number of para-hydroxylation sites is 1. The highest BCUT2D eigenvalue weighted by atomic mass is 32.1. The molecule has 1 amide bonds. The molecule has 1 aliphatic rings. The Balaban J connectivity index is 1.81. The summed E-state index contributed by atoms with van der Waals surface area (Å²) >= 11 is 1.61. The highest BCUT2D eigenvalue weighted by Gasteiger charge is 2.21. The van der Waals surface area contributed by atoms with Gasteiger partial charge in [0, 0.05) is 24.7 Å². The number of carbonyl (C=O) groups excluding carboxylic acids is 1. The zero-order valence-corrected chi connectivity index (χ0v) is 12.9. The van der Waals surface area contributed by atoms with Crippen molar-refractivity contribution in [3.63, 3.8) is 0 Å². The smallest absolute Gasteiger partial charge is 0.257 e. The van der Waals surface area contributed by atoms with Crippen LogP contribution in [0.15, 0.2) is 24.4 Å². The molecule has 0 atom stereocenters. The molecule has 2 aromatic rings. The van der Waals surface area contributed by atoms with Gasteiger partial charge in [-0.2, -0.15) is 0 Å². The van der Waals surface area contributed by atoms with E-state index in [-0.39, 0.29) is 5.91 Å². The standard InChI is InChI=1S/C15H17N3O2S/c1-10-17-8-11(21-10)9-18(2)15(19)12-4-3-5-13-14(12)20-7-6-16-13/h3-5,8,16H,6-7,9H2,1-2H3. The second kappa shape index (κ2) is 5.73. The van der Waals surface area contributed by atoms with Gasteiger partial charge in [0.2, 0.25) is 0 Å². The lowest BCUT2D eigenvalue weighted by molar-refractivity contribution is 0.0782. The van der Waals surface area contributed by atoms with Crippen molar-refractivity contribution in [2.75, 3.05) is 25.5 Å². The third-order valence-corrected chi connectivity index (χ3v) is 4.22. The molecule has 21 heavy (non-hydrogen) atoms. The molecule has 1 aromatic carbocycles. The Bertz CT molecular complexity index is 669. The predicted octanol–water partition coefficient (Wildman–Crippen LogP) is 2.53. The minimum Gasteiger partial charge on any atom is -0.489 e. The molecule has 1 aromatic heterocycles. The summed E-state index contributed by atoms with van der Waals surface area (Å²) in [5.74, 6) is 0.614. The molecule has 0 fully saturated rings. The summed E-state index contributed by atoms with van der Waals surface area (Å²) in [5, 5.41) is 4.26. The maximum Gasteiger partial charge on any atom is 0.257 e. The first kappa shape index (κ1) is 13.9. The fourth-order valence-electron chi connectivity index (χ4n) is 2.33. The average molecular weight is 303 g/mol. The molecule has 0 saturated carbocycles. The number of hydrogen-bond acceptors (Lipinski definition) is 5. The van der Waals surface area contributed by atoms with E-state index >= 15 is 0 Å². The average Bonchev–Trinajstić information content (AvgIpc) is 2.91. The van der Waals surface area contributed by atoms with Gasteiger partial charge >= 0.3 is 0 Å². The van der Waals surface area contributed by atoms with E-state index in [1.54, 1.807) is 23.3 Å². The van der Waals surface area contributed by atoms with Crippen LogP contribution in [-0.4, -0.2) is 36.0 Å². The third kappa shape index (κ3) is 2.85. The number of nitrogens with zero attached hydrogens (tertiary/aromatic N) is 2. The van der Waals surface area contributed by atoms with E-state index in [1.165, 1.54) is 0 Å². The second-order valence-corrected chi connectivity index (χ2v) is 6.28. The van der Waals surface area contributed by atoms with Gasteiger partial charge in [-0.05, 0) is 19.1 Å². The minimum absolute atomic E-state index is 0.0402. The van der Waals surface area contributed by atoms with Crippen molar-refractivity contribution in [1.29, 1.82) is 0 Å². The second-order valence-electron chi connectivity index (χ2n) is 4.96. The monoisotopic (exact) mass is 303 g/mol. The van der Waals surface area contributed by atoms with Gasteiger partial charge in [-0.25, -0.2) is 4.98 Å². The Morgan fingerprint density at radius 3 is 3.14 bits per heavy atom. The summed E-state index contributed by atoms with van der Waals surface area (Å²) < 4.78 is 5.66. The molecule has 6 heteroatoms. The third-order valence-electron chi connectivity index (χ3n) is 3.32. The number of ether oxygens (including phenoxy) is 1. The number of fused-ring (bicyclic) bond motifs is 1. The molecule has 0 bridgehead atoms. The van der Waals surface area contributed by atoms with Crippen molar-refractivity contribution >= 4 is 22.9 Å². The Morgan fingerprint density at radius 1 is 1.52 bits per heavy atom. The molecular formula is C15H17N3O2S. The van der Waals surface area contributed by atoms with Crippen molar-refractivity contribution < 1.29 is 9.53 Å².